The first-order chi connectivity index (χ1) is 13.0. The summed E-state index contributed by atoms with van der Waals surface area (Å²) in [5.74, 6) is 0.0494. The summed E-state index contributed by atoms with van der Waals surface area (Å²) in [4.78, 5) is 18.8. The van der Waals surface area contributed by atoms with Gasteiger partial charge in [0.15, 0.2) is 5.84 Å². The third-order valence-corrected chi connectivity index (χ3v) is 5.14. The van der Waals surface area contributed by atoms with Gasteiger partial charge in [0.05, 0.1) is 5.57 Å². The van der Waals surface area contributed by atoms with Gasteiger partial charge in [0.25, 0.3) is 5.91 Å². The lowest BCUT2D eigenvalue weighted by atomic mass is 10.1. The summed E-state index contributed by atoms with van der Waals surface area (Å²) in [5, 5.41) is 14.1. The van der Waals surface area contributed by atoms with Crippen molar-refractivity contribution in [3.8, 4) is 0 Å². The van der Waals surface area contributed by atoms with Gasteiger partial charge in [-0.2, -0.15) is 4.99 Å². The highest BCUT2D eigenvalue weighted by Crippen LogP contribution is 2.24. The van der Waals surface area contributed by atoms with Crippen molar-refractivity contribution in [1.29, 1.82) is 5.41 Å². The largest absolute Gasteiger partial charge is 0.361 e. The first kappa shape index (κ1) is 17.5. The summed E-state index contributed by atoms with van der Waals surface area (Å²) in [6, 6.07) is 14.0. The van der Waals surface area contributed by atoms with Gasteiger partial charge in [0, 0.05) is 29.4 Å². The molecule has 0 radical (unpaired) electrons. The van der Waals surface area contributed by atoms with Crippen LogP contribution >= 0.6 is 15.9 Å². The lowest BCUT2D eigenvalue weighted by Crippen LogP contribution is -2.46. The molecule has 7 heteroatoms. The number of carbonyl (C=O) groups is 1. The molecule has 2 aromatic rings. The molecule has 0 fully saturated rings. The third-order valence-electron chi connectivity index (χ3n) is 4.64. The minimum atomic E-state index is -0.330. The van der Waals surface area contributed by atoms with E-state index in [0.717, 1.165) is 15.7 Å². The number of hydrogen-bond donors (Lipinski definition) is 3. The number of amidine groups is 1. The van der Waals surface area contributed by atoms with Crippen molar-refractivity contribution in [2.24, 2.45) is 4.99 Å². The Morgan fingerprint density at radius 2 is 1.93 bits per heavy atom. The molecule has 27 heavy (non-hydrogen) atoms. The third kappa shape index (κ3) is 3.50. The van der Waals surface area contributed by atoms with Crippen LogP contribution in [0.2, 0.25) is 0 Å². The summed E-state index contributed by atoms with van der Waals surface area (Å²) < 4.78 is 0.988. The molecule has 0 saturated carbocycles. The van der Waals surface area contributed by atoms with Gasteiger partial charge < -0.3 is 10.2 Å². The summed E-state index contributed by atoms with van der Waals surface area (Å²) in [7, 11) is 0. The molecule has 0 bridgehead atoms. The van der Waals surface area contributed by atoms with Crippen LogP contribution in [0.3, 0.4) is 0 Å². The number of amides is 1. The molecule has 136 valence electrons. The lowest BCUT2D eigenvalue weighted by Gasteiger charge is -2.24. The first-order valence-corrected chi connectivity index (χ1v) is 9.34. The number of benzene rings is 2. The number of rotatable bonds is 2. The quantitative estimate of drug-likeness (QED) is 0.646. The van der Waals surface area contributed by atoms with E-state index in [1.807, 2.05) is 42.2 Å². The van der Waals surface area contributed by atoms with Gasteiger partial charge in [-0.15, -0.1) is 0 Å². The van der Waals surface area contributed by atoms with Crippen LogP contribution in [0.15, 0.2) is 63.7 Å². The van der Waals surface area contributed by atoms with Gasteiger partial charge in [-0.1, -0.05) is 40.2 Å². The number of aryl methyl sites for hydroxylation is 1. The molecule has 2 aromatic carbocycles. The Labute approximate surface area is 165 Å². The van der Waals surface area contributed by atoms with E-state index in [2.05, 4.69) is 43.7 Å². The van der Waals surface area contributed by atoms with Crippen molar-refractivity contribution in [3.63, 3.8) is 0 Å². The maximum absolute atomic E-state index is 12.5. The Bertz CT molecular complexity index is 986. The fourth-order valence-corrected chi connectivity index (χ4v) is 3.65. The van der Waals surface area contributed by atoms with E-state index >= 15 is 0 Å². The van der Waals surface area contributed by atoms with Crippen LogP contribution in [0, 0.1) is 12.3 Å². The molecule has 3 N–H and O–H groups in total. The van der Waals surface area contributed by atoms with Gasteiger partial charge in [-0.3, -0.25) is 15.5 Å². The number of nitrogens with zero attached hydrogens (tertiary/aromatic N) is 2. The zero-order valence-corrected chi connectivity index (χ0v) is 16.3. The Morgan fingerprint density at radius 1 is 1.22 bits per heavy atom. The van der Waals surface area contributed by atoms with Gasteiger partial charge >= 0.3 is 0 Å². The molecule has 2 heterocycles. The number of anilines is 1. The number of hydrogen-bond acceptors (Lipinski definition) is 4. The van der Waals surface area contributed by atoms with Crippen molar-refractivity contribution in [1.82, 2.24) is 10.2 Å². The second kappa shape index (κ2) is 7.00. The average molecular weight is 424 g/mol. The zero-order chi connectivity index (χ0) is 19.0. The second-order valence-corrected chi connectivity index (χ2v) is 7.44. The van der Waals surface area contributed by atoms with E-state index in [1.54, 1.807) is 0 Å². The molecule has 0 atom stereocenters. The Kier molecular flexibility index (Phi) is 4.53. The number of aliphatic imine (C=N–C) groups is 1. The smallest absolute Gasteiger partial charge is 0.263 e. The normalized spacial score (nSPS) is 17.6. The molecule has 2 aliphatic heterocycles. The van der Waals surface area contributed by atoms with Gasteiger partial charge in [0.2, 0.25) is 5.96 Å². The molecular weight excluding hydrogens is 406 g/mol. The zero-order valence-electron chi connectivity index (χ0n) is 14.7. The maximum Gasteiger partial charge on any atom is 0.263 e. The molecule has 2 aliphatic rings. The number of nitrogens with one attached hydrogen (secondary N) is 3. The minimum absolute atomic E-state index is 0.0491. The average Bonchev–Trinajstić information content (AvgIpc) is 3.06. The summed E-state index contributed by atoms with van der Waals surface area (Å²) in [6.45, 7) is 3.33. The first-order valence-electron chi connectivity index (χ1n) is 8.55. The van der Waals surface area contributed by atoms with Crippen LogP contribution in [0.4, 0.5) is 5.69 Å². The summed E-state index contributed by atoms with van der Waals surface area (Å²) in [6.07, 6.45) is 1.53. The van der Waals surface area contributed by atoms with E-state index in [-0.39, 0.29) is 17.3 Å². The second-order valence-electron chi connectivity index (χ2n) is 6.52. The molecule has 6 nitrogen and oxygen atoms in total. The Balaban J connectivity index is 1.51. The van der Waals surface area contributed by atoms with Gasteiger partial charge in [0.1, 0.15) is 0 Å². The molecule has 0 saturated heterocycles. The molecule has 0 unspecified atom stereocenters. The van der Waals surface area contributed by atoms with Crippen LogP contribution in [0.25, 0.3) is 0 Å². The van der Waals surface area contributed by atoms with Crippen LogP contribution < -0.4 is 10.6 Å². The van der Waals surface area contributed by atoms with Crippen molar-refractivity contribution in [3.05, 3.63) is 75.4 Å². The van der Waals surface area contributed by atoms with Crippen molar-refractivity contribution in [2.45, 2.75) is 20.0 Å². The number of halogens is 1. The number of fused-ring (bicyclic) bond motifs is 1. The van der Waals surface area contributed by atoms with Crippen LogP contribution in [-0.2, 0) is 17.9 Å². The summed E-state index contributed by atoms with van der Waals surface area (Å²) in [5.41, 5.74) is 4.54. The highest BCUT2D eigenvalue weighted by Gasteiger charge is 2.29. The van der Waals surface area contributed by atoms with Crippen molar-refractivity contribution in [2.75, 3.05) is 5.32 Å². The SMILES string of the molecule is Cc1cc(Br)ccc1N/C=C1\C(=N)N=C(N2Cc3ccccc3C2)NC1=O. The van der Waals surface area contributed by atoms with Crippen LogP contribution in [0.5, 0.6) is 0 Å². The molecule has 4 rings (SSSR count). The minimum Gasteiger partial charge on any atom is -0.361 e. The Morgan fingerprint density at radius 3 is 2.56 bits per heavy atom. The predicted octanol–water partition coefficient (Wildman–Crippen LogP) is 3.53. The fraction of sp³-hybridized carbons (Fsp3) is 0.150. The molecule has 0 spiro atoms. The van der Waals surface area contributed by atoms with E-state index < -0.39 is 0 Å². The maximum atomic E-state index is 12.5. The van der Waals surface area contributed by atoms with Gasteiger partial charge in [-0.05, 0) is 41.8 Å². The fourth-order valence-electron chi connectivity index (χ4n) is 3.18. The molecular formula is C20H18BrN5O. The predicted molar refractivity (Wildman–Crippen MR) is 110 cm³/mol. The Hall–Kier alpha value is -2.93. The highest BCUT2D eigenvalue weighted by atomic mass is 79.9. The lowest BCUT2D eigenvalue weighted by molar-refractivity contribution is -0.116. The van der Waals surface area contributed by atoms with Crippen LogP contribution in [-0.4, -0.2) is 22.6 Å². The highest BCUT2D eigenvalue weighted by molar-refractivity contribution is 9.10. The molecule has 0 aromatic heterocycles. The van der Waals surface area contributed by atoms with E-state index in [9.17, 15) is 4.79 Å². The van der Waals surface area contributed by atoms with Crippen molar-refractivity contribution >= 4 is 39.3 Å². The summed E-state index contributed by atoms with van der Waals surface area (Å²) >= 11 is 3.43. The topological polar surface area (TPSA) is 80.6 Å². The van der Waals surface area contributed by atoms with Crippen LogP contribution in [0.1, 0.15) is 16.7 Å². The number of carbonyl (C=O) groups excluding carboxylic acids is 1. The number of guanidine groups is 1. The van der Waals surface area contributed by atoms with E-state index in [4.69, 9.17) is 5.41 Å². The monoisotopic (exact) mass is 423 g/mol. The van der Waals surface area contributed by atoms with Crippen molar-refractivity contribution < 1.29 is 4.79 Å². The molecule has 0 aliphatic carbocycles. The van der Waals surface area contributed by atoms with Gasteiger partial charge in [-0.25, -0.2) is 0 Å². The molecule has 1 amide bonds. The van der Waals surface area contributed by atoms with E-state index in [0.29, 0.717) is 19.0 Å². The standard InChI is InChI=1S/C20H18BrN5O/c1-12-8-15(21)6-7-17(12)23-9-16-18(22)24-20(25-19(16)27)26-10-13-4-2-3-5-14(13)11-26/h2-9,23H,10-11H2,1H3,(H2,22,24,25,27)/b16-9+. The van der Waals surface area contributed by atoms with E-state index in [1.165, 1.54) is 17.3 Å².